The minimum absolute atomic E-state index is 0.0824. The molecule has 132 valence electrons. The Balaban J connectivity index is 1.97. The summed E-state index contributed by atoms with van der Waals surface area (Å²) in [4.78, 5) is 33.0. The molecule has 0 atom stereocenters. The summed E-state index contributed by atoms with van der Waals surface area (Å²) < 4.78 is 2.62. The fourth-order valence-electron chi connectivity index (χ4n) is 3.25. The van der Waals surface area contributed by atoms with Crippen LogP contribution in [0.1, 0.15) is 37.3 Å². The van der Waals surface area contributed by atoms with Gasteiger partial charge in [0.15, 0.2) is 17.3 Å². The van der Waals surface area contributed by atoms with Crippen LogP contribution < -0.4 is 11.2 Å². The van der Waals surface area contributed by atoms with E-state index in [4.69, 9.17) is 5.11 Å². The minimum atomic E-state index is -0.613. The van der Waals surface area contributed by atoms with E-state index in [9.17, 15) is 9.59 Å². The lowest BCUT2D eigenvalue weighted by Crippen LogP contribution is -2.37. The standard InChI is InChI=1S/C18H17N5O3/c1-22-17(25)14-16(20-18(22)26)23(13-4-2-3-5-13)21-15(19-14)12-8-6-11(10-24)7-9-12/h6,8,13,24H,2-5,10H2,1H3. The molecule has 4 rings (SSSR count). The van der Waals surface area contributed by atoms with E-state index >= 15 is 0 Å². The van der Waals surface area contributed by atoms with E-state index in [1.165, 1.54) is 7.05 Å². The fraction of sp³-hybridized carbons (Fsp3) is 0.389. The van der Waals surface area contributed by atoms with Gasteiger partial charge in [-0.1, -0.05) is 25.0 Å². The number of hydrogen-bond acceptors (Lipinski definition) is 6. The molecule has 1 fully saturated rings. The summed E-state index contributed by atoms with van der Waals surface area (Å²) in [5, 5.41) is 13.7. The molecule has 0 saturated heterocycles. The van der Waals surface area contributed by atoms with Crippen LogP contribution in [-0.4, -0.2) is 29.4 Å². The van der Waals surface area contributed by atoms with Crippen LogP contribution in [0.2, 0.25) is 0 Å². The number of aliphatic hydroxyl groups excluding tert-OH is 1. The summed E-state index contributed by atoms with van der Waals surface area (Å²) in [6, 6.07) is 9.27. The van der Waals surface area contributed by atoms with Crippen LogP contribution in [-0.2, 0) is 13.7 Å². The first kappa shape index (κ1) is 16.4. The average molecular weight is 351 g/mol. The Labute approximate surface area is 149 Å². The van der Waals surface area contributed by atoms with Gasteiger partial charge < -0.3 is 5.11 Å². The van der Waals surface area contributed by atoms with E-state index in [-0.39, 0.29) is 24.2 Å². The maximum atomic E-state index is 12.6. The van der Waals surface area contributed by atoms with Crippen LogP contribution in [0.3, 0.4) is 0 Å². The normalized spacial score (nSPS) is 14.7. The highest BCUT2D eigenvalue weighted by Gasteiger charge is 2.27. The molecule has 3 aliphatic rings. The van der Waals surface area contributed by atoms with E-state index < -0.39 is 11.2 Å². The molecule has 1 aliphatic carbocycles. The van der Waals surface area contributed by atoms with Gasteiger partial charge in [0, 0.05) is 12.6 Å². The lowest BCUT2D eigenvalue weighted by Gasteiger charge is -2.19. The van der Waals surface area contributed by atoms with Gasteiger partial charge in [-0.05, 0) is 25.0 Å². The molecule has 2 heterocycles. The largest absolute Gasteiger partial charge is 0.391 e. The van der Waals surface area contributed by atoms with Gasteiger partial charge in [0.1, 0.15) is 0 Å². The highest BCUT2D eigenvalue weighted by atomic mass is 16.3. The molecule has 2 aliphatic heterocycles. The molecule has 26 heavy (non-hydrogen) atoms. The first-order valence-electron chi connectivity index (χ1n) is 8.50. The summed E-state index contributed by atoms with van der Waals surface area (Å²) in [5.41, 5.74) is 0.170. The average Bonchev–Trinajstić information content (AvgIpc) is 3.20. The van der Waals surface area contributed by atoms with Gasteiger partial charge in [-0.25, -0.2) is 14.5 Å². The Hall–Kier alpha value is -3.05. The molecule has 1 aromatic carbocycles. The van der Waals surface area contributed by atoms with Crippen LogP contribution in [0.25, 0.3) is 22.9 Å². The molecule has 0 radical (unpaired) electrons. The molecule has 8 nitrogen and oxygen atoms in total. The molecular formula is C18H17N5O3. The number of aromatic nitrogens is 5. The quantitative estimate of drug-likeness (QED) is 0.745. The minimum Gasteiger partial charge on any atom is -0.391 e. The van der Waals surface area contributed by atoms with Crippen LogP contribution in [0.15, 0.2) is 21.7 Å². The highest BCUT2D eigenvalue weighted by Crippen LogP contribution is 2.32. The third-order valence-corrected chi connectivity index (χ3v) is 4.74. The Morgan fingerprint density at radius 3 is 2.62 bits per heavy atom. The van der Waals surface area contributed by atoms with E-state index in [1.54, 1.807) is 16.8 Å². The van der Waals surface area contributed by atoms with Gasteiger partial charge in [0.25, 0.3) is 5.56 Å². The number of fused-ring (bicyclic) bond motifs is 1. The van der Waals surface area contributed by atoms with Crippen molar-refractivity contribution in [3.8, 4) is 22.9 Å². The van der Waals surface area contributed by atoms with Crippen molar-refractivity contribution in [3.63, 3.8) is 0 Å². The molecule has 1 aromatic rings. The molecule has 0 spiro atoms. The number of nitrogens with zero attached hydrogens (tertiary/aromatic N) is 5. The van der Waals surface area contributed by atoms with Crippen molar-refractivity contribution in [2.45, 2.75) is 38.3 Å². The number of aliphatic hydroxyl groups is 1. The molecule has 0 bridgehead atoms. The Bertz CT molecular complexity index is 1030. The second kappa shape index (κ2) is 6.35. The topological polar surface area (TPSA) is 103 Å². The first-order chi connectivity index (χ1) is 12.6. The third-order valence-electron chi connectivity index (χ3n) is 4.74. The van der Waals surface area contributed by atoms with Crippen LogP contribution in [0.4, 0.5) is 0 Å². The van der Waals surface area contributed by atoms with Crippen molar-refractivity contribution in [2.24, 2.45) is 7.05 Å². The Kier molecular flexibility index (Phi) is 4.01. The van der Waals surface area contributed by atoms with Crippen LogP contribution in [0, 0.1) is 12.1 Å². The van der Waals surface area contributed by atoms with Crippen molar-refractivity contribution in [1.29, 1.82) is 0 Å². The van der Waals surface area contributed by atoms with Gasteiger partial charge in [-0.2, -0.15) is 4.98 Å². The zero-order valence-electron chi connectivity index (χ0n) is 14.3. The van der Waals surface area contributed by atoms with E-state index in [0.29, 0.717) is 17.0 Å². The summed E-state index contributed by atoms with van der Waals surface area (Å²) >= 11 is 0. The number of rotatable bonds is 3. The summed E-state index contributed by atoms with van der Waals surface area (Å²) in [7, 11) is 1.38. The van der Waals surface area contributed by atoms with E-state index in [0.717, 1.165) is 30.3 Å². The Morgan fingerprint density at radius 1 is 1.19 bits per heavy atom. The molecule has 8 heteroatoms. The molecular weight excluding hydrogens is 334 g/mol. The fourth-order valence-corrected chi connectivity index (χ4v) is 3.25. The molecule has 1 saturated carbocycles. The summed E-state index contributed by atoms with van der Waals surface area (Å²) in [5.74, 6) is 0.549. The molecule has 0 unspecified atom stereocenters. The molecule has 0 aromatic heterocycles. The van der Waals surface area contributed by atoms with Crippen molar-refractivity contribution in [1.82, 2.24) is 24.3 Å². The van der Waals surface area contributed by atoms with Gasteiger partial charge in [-0.3, -0.25) is 9.36 Å². The third kappa shape index (κ3) is 2.66. The van der Waals surface area contributed by atoms with E-state index in [2.05, 4.69) is 27.2 Å². The predicted molar refractivity (Wildman–Crippen MR) is 92.5 cm³/mol. The molecule has 0 amide bonds. The zero-order valence-corrected chi connectivity index (χ0v) is 14.3. The van der Waals surface area contributed by atoms with Crippen molar-refractivity contribution in [2.75, 3.05) is 0 Å². The van der Waals surface area contributed by atoms with E-state index in [1.807, 2.05) is 0 Å². The lowest BCUT2D eigenvalue weighted by atomic mass is 10.2. The van der Waals surface area contributed by atoms with Gasteiger partial charge >= 0.3 is 5.69 Å². The smallest absolute Gasteiger partial charge is 0.352 e. The monoisotopic (exact) mass is 351 g/mol. The van der Waals surface area contributed by atoms with Crippen molar-refractivity contribution in [3.05, 3.63) is 50.7 Å². The second-order valence-corrected chi connectivity index (χ2v) is 6.43. The molecule has 1 N–H and O–H groups in total. The highest BCUT2D eigenvalue weighted by molar-refractivity contribution is 5.58. The second-order valence-electron chi connectivity index (χ2n) is 6.43. The summed E-state index contributed by atoms with van der Waals surface area (Å²) in [6.45, 7) is -0.131. The van der Waals surface area contributed by atoms with Crippen LogP contribution in [0.5, 0.6) is 0 Å². The number of hydrogen-bond donors (Lipinski definition) is 1. The van der Waals surface area contributed by atoms with Gasteiger partial charge in [-0.15, -0.1) is 5.10 Å². The van der Waals surface area contributed by atoms with Crippen molar-refractivity contribution < 1.29 is 5.11 Å². The zero-order chi connectivity index (χ0) is 18.3. The SMILES string of the molecule is Cn1c(=O)nc2n(C3CCCC3)nc(-c3c#cc(CO)cc3)nc-2c1=O. The Morgan fingerprint density at radius 2 is 1.96 bits per heavy atom. The first-order valence-corrected chi connectivity index (χ1v) is 8.50. The predicted octanol–water partition coefficient (Wildman–Crippen LogP) is 0.712. The maximum Gasteiger partial charge on any atom is 0.352 e. The summed E-state index contributed by atoms with van der Waals surface area (Å²) in [6.07, 6.45) is 3.97. The van der Waals surface area contributed by atoms with Gasteiger partial charge in [0.05, 0.1) is 18.2 Å². The van der Waals surface area contributed by atoms with Crippen molar-refractivity contribution >= 4 is 0 Å². The maximum absolute atomic E-state index is 12.6. The van der Waals surface area contributed by atoms with Gasteiger partial charge in [0.2, 0.25) is 0 Å². The van der Waals surface area contributed by atoms with Crippen LogP contribution >= 0.6 is 0 Å². The lowest BCUT2D eigenvalue weighted by molar-refractivity contribution is 0.282.